The number of benzene rings is 1. The van der Waals surface area contributed by atoms with Crippen LogP contribution >= 0.6 is 11.6 Å². The summed E-state index contributed by atoms with van der Waals surface area (Å²) in [5.41, 5.74) is 3.36. The molecule has 2 aromatic rings. The lowest BCUT2D eigenvalue weighted by Crippen LogP contribution is -2.14. The SMILES string of the molecule is COc1ccc(NC(=O)c2cc(NCCC3=CCCCC3)ccn2)cc1Cl. The molecule has 1 aromatic carbocycles. The zero-order chi connectivity index (χ0) is 19.1. The molecule has 0 atom stereocenters. The Balaban J connectivity index is 1.58. The highest BCUT2D eigenvalue weighted by Crippen LogP contribution is 2.27. The van der Waals surface area contributed by atoms with Crippen molar-refractivity contribution in [3.05, 3.63) is 58.9 Å². The Morgan fingerprint density at radius 3 is 2.85 bits per heavy atom. The number of aromatic nitrogens is 1. The summed E-state index contributed by atoms with van der Waals surface area (Å²) in [6.07, 6.45) is 10.0. The van der Waals surface area contributed by atoms with Crippen molar-refractivity contribution < 1.29 is 9.53 Å². The fourth-order valence-corrected chi connectivity index (χ4v) is 3.36. The number of nitrogens with zero attached hydrogens (tertiary/aromatic N) is 1. The molecular formula is C21H24ClN3O2. The van der Waals surface area contributed by atoms with E-state index in [-0.39, 0.29) is 5.91 Å². The monoisotopic (exact) mass is 385 g/mol. The zero-order valence-electron chi connectivity index (χ0n) is 15.4. The minimum absolute atomic E-state index is 0.283. The van der Waals surface area contributed by atoms with Crippen molar-refractivity contribution in [2.45, 2.75) is 32.1 Å². The van der Waals surface area contributed by atoms with Crippen molar-refractivity contribution in [1.82, 2.24) is 4.98 Å². The van der Waals surface area contributed by atoms with Gasteiger partial charge in [0.25, 0.3) is 5.91 Å². The Hall–Kier alpha value is -2.53. The molecule has 1 aliphatic carbocycles. The Labute approximate surface area is 164 Å². The van der Waals surface area contributed by atoms with Crippen molar-refractivity contribution >= 4 is 28.9 Å². The van der Waals surface area contributed by atoms with Crippen LogP contribution in [0.5, 0.6) is 5.75 Å². The molecule has 27 heavy (non-hydrogen) atoms. The molecule has 3 rings (SSSR count). The molecule has 1 aromatic heterocycles. The van der Waals surface area contributed by atoms with Gasteiger partial charge in [-0.05, 0) is 62.4 Å². The maximum Gasteiger partial charge on any atom is 0.274 e. The van der Waals surface area contributed by atoms with Crippen LogP contribution in [0.25, 0.3) is 0 Å². The summed E-state index contributed by atoms with van der Waals surface area (Å²) in [6.45, 7) is 0.852. The number of carbonyl (C=O) groups is 1. The first-order valence-electron chi connectivity index (χ1n) is 9.18. The summed E-state index contributed by atoms with van der Waals surface area (Å²) in [4.78, 5) is 16.6. The molecule has 0 radical (unpaired) electrons. The van der Waals surface area contributed by atoms with Crippen LogP contribution in [-0.2, 0) is 0 Å². The molecule has 2 N–H and O–H groups in total. The first-order valence-corrected chi connectivity index (χ1v) is 9.56. The van der Waals surface area contributed by atoms with E-state index in [0.717, 1.165) is 18.7 Å². The van der Waals surface area contributed by atoms with Gasteiger partial charge < -0.3 is 15.4 Å². The Bertz CT molecular complexity index is 836. The van der Waals surface area contributed by atoms with Gasteiger partial charge in [0.2, 0.25) is 0 Å². The molecule has 0 spiro atoms. The molecule has 0 bridgehead atoms. The van der Waals surface area contributed by atoms with Gasteiger partial charge in [0, 0.05) is 24.1 Å². The van der Waals surface area contributed by atoms with E-state index in [1.807, 2.05) is 6.07 Å². The molecule has 5 nitrogen and oxygen atoms in total. The summed E-state index contributed by atoms with van der Waals surface area (Å²) in [5.74, 6) is 0.280. The first-order chi connectivity index (χ1) is 13.2. The van der Waals surface area contributed by atoms with Crippen molar-refractivity contribution in [1.29, 1.82) is 0 Å². The second-order valence-electron chi connectivity index (χ2n) is 6.52. The molecule has 0 saturated carbocycles. The second kappa shape index (κ2) is 9.42. The highest BCUT2D eigenvalue weighted by atomic mass is 35.5. The largest absolute Gasteiger partial charge is 0.495 e. The van der Waals surface area contributed by atoms with E-state index < -0.39 is 0 Å². The third-order valence-corrected chi connectivity index (χ3v) is 4.86. The number of pyridine rings is 1. The van der Waals surface area contributed by atoms with E-state index in [1.54, 1.807) is 37.6 Å². The maximum atomic E-state index is 12.5. The van der Waals surface area contributed by atoms with E-state index in [0.29, 0.717) is 22.2 Å². The van der Waals surface area contributed by atoms with Gasteiger partial charge in [-0.15, -0.1) is 0 Å². The van der Waals surface area contributed by atoms with Crippen LogP contribution in [-0.4, -0.2) is 24.5 Å². The Kier molecular flexibility index (Phi) is 6.71. The van der Waals surface area contributed by atoms with Crippen LogP contribution in [0, 0.1) is 0 Å². The van der Waals surface area contributed by atoms with E-state index in [1.165, 1.54) is 31.3 Å². The maximum absolute atomic E-state index is 12.5. The molecule has 0 saturated heterocycles. The lowest BCUT2D eigenvalue weighted by molar-refractivity contribution is 0.102. The van der Waals surface area contributed by atoms with Crippen molar-refractivity contribution in [3.8, 4) is 5.75 Å². The van der Waals surface area contributed by atoms with E-state index in [2.05, 4.69) is 21.7 Å². The average molecular weight is 386 g/mol. The van der Waals surface area contributed by atoms with Crippen molar-refractivity contribution in [2.75, 3.05) is 24.3 Å². The highest BCUT2D eigenvalue weighted by Gasteiger charge is 2.10. The average Bonchev–Trinajstić information content (AvgIpc) is 2.69. The smallest absolute Gasteiger partial charge is 0.274 e. The quantitative estimate of drug-likeness (QED) is 0.635. The third-order valence-electron chi connectivity index (χ3n) is 4.56. The minimum atomic E-state index is -0.283. The number of carbonyl (C=O) groups excluding carboxylic acids is 1. The molecular weight excluding hydrogens is 362 g/mol. The van der Waals surface area contributed by atoms with Crippen LogP contribution in [0.1, 0.15) is 42.6 Å². The molecule has 0 fully saturated rings. The molecule has 142 valence electrons. The van der Waals surface area contributed by atoms with E-state index in [4.69, 9.17) is 16.3 Å². The number of allylic oxidation sites excluding steroid dienone is 1. The lowest BCUT2D eigenvalue weighted by atomic mass is 9.97. The summed E-state index contributed by atoms with van der Waals surface area (Å²) in [6, 6.07) is 8.73. The zero-order valence-corrected chi connectivity index (χ0v) is 16.2. The summed E-state index contributed by atoms with van der Waals surface area (Å²) >= 11 is 6.10. The molecule has 1 aliphatic rings. The van der Waals surface area contributed by atoms with E-state index in [9.17, 15) is 4.79 Å². The Morgan fingerprint density at radius 2 is 2.11 bits per heavy atom. The van der Waals surface area contributed by atoms with Crippen LogP contribution in [0.3, 0.4) is 0 Å². The topological polar surface area (TPSA) is 63.2 Å². The summed E-state index contributed by atoms with van der Waals surface area (Å²) in [5, 5.41) is 6.62. The van der Waals surface area contributed by atoms with Crippen LogP contribution in [0.15, 0.2) is 48.2 Å². The highest BCUT2D eigenvalue weighted by molar-refractivity contribution is 6.32. The normalized spacial score (nSPS) is 13.6. The van der Waals surface area contributed by atoms with Gasteiger partial charge in [0.15, 0.2) is 0 Å². The fraction of sp³-hybridized carbons (Fsp3) is 0.333. The summed E-state index contributed by atoms with van der Waals surface area (Å²) < 4.78 is 5.12. The molecule has 1 amide bonds. The fourth-order valence-electron chi connectivity index (χ4n) is 3.10. The molecule has 0 unspecified atom stereocenters. The lowest BCUT2D eigenvalue weighted by Gasteiger charge is -2.13. The van der Waals surface area contributed by atoms with Gasteiger partial charge in [0.05, 0.1) is 12.1 Å². The minimum Gasteiger partial charge on any atom is -0.495 e. The van der Waals surface area contributed by atoms with E-state index >= 15 is 0 Å². The summed E-state index contributed by atoms with van der Waals surface area (Å²) in [7, 11) is 1.55. The van der Waals surface area contributed by atoms with Gasteiger partial charge in [-0.2, -0.15) is 0 Å². The molecule has 6 heteroatoms. The van der Waals surface area contributed by atoms with Gasteiger partial charge in [-0.1, -0.05) is 23.3 Å². The number of nitrogens with one attached hydrogen (secondary N) is 2. The second-order valence-corrected chi connectivity index (χ2v) is 6.93. The van der Waals surface area contributed by atoms with Crippen LogP contribution in [0.4, 0.5) is 11.4 Å². The standard InChI is InChI=1S/C21H24ClN3O2/c1-27-20-8-7-17(13-18(20)22)25-21(26)19-14-16(10-12-24-19)23-11-9-15-5-3-2-4-6-15/h5,7-8,10,12-14H,2-4,6,9,11H2,1H3,(H,23,24)(H,25,26). The van der Waals surface area contributed by atoms with Gasteiger partial charge in [-0.3, -0.25) is 9.78 Å². The predicted octanol–water partition coefficient (Wildman–Crippen LogP) is 5.30. The van der Waals surface area contributed by atoms with Gasteiger partial charge >= 0.3 is 0 Å². The Morgan fingerprint density at radius 1 is 1.22 bits per heavy atom. The third kappa shape index (κ3) is 5.47. The number of methoxy groups -OCH3 is 1. The number of hydrogen-bond donors (Lipinski definition) is 2. The number of rotatable bonds is 7. The molecule has 0 aliphatic heterocycles. The van der Waals surface area contributed by atoms with Crippen molar-refractivity contribution in [3.63, 3.8) is 0 Å². The number of hydrogen-bond acceptors (Lipinski definition) is 4. The number of ether oxygens (including phenoxy) is 1. The van der Waals surface area contributed by atoms with Gasteiger partial charge in [0.1, 0.15) is 11.4 Å². The van der Waals surface area contributed by atoms with Crippen LogP contribution in [0.2, 0.25) is 5.02 Å². The number of amides is 1. The number of halogens is 1. The number of anilines is 2. The van der Waals surface area contributed by atoms with Crippen molar-refractivity contribution in [2.24, 2.45) is 0 Å². The van der Waals surface area contributed by atoms with Crippen LogP contribution < -0.4 is 15.4 Å². The molecule has 1 heterocycles. The van der Waals surface area contributed by atoms with Gasteiger partial charge in [-0.25, -0.2) is 0 Å². The predicted molar refractivity (Wildman–Crippen MR) is 110 cm³/mol. The first kappa shape index (κ1) is 19.2.